The van der Waals surface area contributed by atoms with Crippen molar-refractivity contribution in [3.05, 3.63) is 45.7 Å². The number of hydrogen-bond donors (Lipinski definition) is 0. The van der Waals surface area contributed by atoms with Crippen molar-refractivity contribution in [3.63, 3.8) is 0 Å². The number of thiophene rings is 1. The summed E-state index contributed by atoms with van der Waals surface area (Å²) in [6, 6.07) is 3.72. The van der Waals surface area contributed by atoms with Crippen molar-refractivity contribution in [2.45, 2.75) is 39.2 Å². The molecule has 0 bridgehead atoms. The third kappa shape index (κ3) is 3.35. The first-order chi connectivity index (χ1) is 12.5. The molecule has 5 nitrogen and oxygen atoms in total. The van der Waals surface area contributed by atoms with Crippen molar-refractivity contribution < 1.29 is 8.78 Å². The molecule has 0 spiro atoms. The van der Waals surface area contributed by atoms with Crippen molar-refractivity contribution in [1.29, 1.82) is 0 Å². The summed E-state index contributed by atoms with van der Waals surface area (Å²) in [6.45, 7) is 7.02. The van der Waals surface area contributed by atoms with E-state index in [1.165, 1.54) is 22.8 Å². The van der Waals surface area contributed by atoms with Gasteiger partial charge >= 0.3 is 0 Å². The average Bonchev–Trinajstić information content (AvgIpc) is 3.24. The highest BCUT2D eigenvalue weighted by atomic mass is 32.1. The molecular weight excluding hydrogens is 356 g/mol. The number of alkyl halides is 2. The molecule has 0 saturated carbocycles. The molecule has 0 aliphatic carbocycles. The van der Waals surface area contributed by atoms with Crippen molar-refractivity contribution in [2.24, 2.45) is 5.92 Å². The molecule has 4 heterocycles. The number of piperidine rings is 1. The Kier molecular flexibility index (Phi) is 4.71. The molecule has 1 saturated heterocycles. The maximum absolute atomic E-state index is 13.3. The normalized spacial score (nSPS) is 21.7. The second-order valence-corrected chi connectivity index (χ2v) is 8.07. The molecule has 1 aliphatic rings. The van der Waals surface area contributed by atoms with Crippen LogP contribution in [-0.4, -0.2) is 37.6 Å². The molecule has 2 atom stereocenters. The van der Waals surface area contributed by atoms with Crippen molar-refractivity contribution in [1.82, 2.24) is 24.5 Å². The molecule has 0 aromatic carbocycles. The minimum absolute atomic E-state index is 0.120. The van der Waals surface area contributed by atoms with E-state index in [2.05, 4.69) is 45.3 Å². The molecule has 1 fully saturated rings. The molecule has 26 heavy (non-hydrogen) atoms. The lowest BCUT2D eigenvalue weighted by Crippen LogP contribution is -2.38. The van der Waals surface area contributed by atoms with E-state index in [4.69, 9.17) is 0 Å². The Morgan fingerprint density at radius 2 is 2.19 bits per heavy atom. The van der Waals surface area contributed by atoms with E-state index in [9.17, 15) is 8.78 Å². The minimum atomic E-state index is -2.61. The highest BCUT2D eigenvalue weighted by Crippen LogP contribution is 2.34. The summed E-state index contributed by atoms with van der Waals surface area (Å²) in [4.78, 5) is 11.7. The number of hydrogen-bond acceptors (Lipinski definition) is 5. The van der Waals surface area contributed by atoms with E-state index < -0.39 is 6.43 Å². The molecule has 138 valence electrons. The zero-order valence-electron chi connectivity index (χ0n) is 14.8. The Morgan fingerprint density at radius 3 is 2.92 bits per heavy atom. The predicted molar refractivity (Wildman–Crippen MR) is 96.6 cm³/mol. The summed E-state index contributed by atoms with van der Waals surface area (Å²) >= 11 is 1.77. The topological polar surface area (TPSA) is 46.3 Å². The third-order valence-electron chi connectivity index (χ3n) is 5.11. The average molecular weight is 377 g/mol. The quantitative estimate of drug-likeness (QED) is 0.688. The van der Waals surface area contributed by atoms with Crippen LogP contribution < -0.4 is 0 Å². The lowest BCUT2D eigenvalue weighted by molar-refractivity contribution is 0.143. The van der Waals surface area contributed by atoms with Gasteiger partial charge < -0.3 is 0 Å². The zero-order valence-corrected chi connectivity index (χ0v) is 15.6. The SMILES string of the molecule is Cc1csc(CN2CC[C@@H](C)[C@H](c3cc(C(F)F)nc4ncnn34)C2)c1. The third-order valence-corrected chi connectivity index (χ3v) is 6.15. The first-order valence-corrected chi connectivity index (χ1v) is 9.64. The van der Waals surface area contributed by atoms with Gasteiger partial charge in [0.2, 0.25) is 0 Å². The molecule has 8 heteroatoms. The Labute approximate surface area is 154 Å². The Morgan fingerprint density at radius 1 is 1.35 bits per heavy atom. The summed E-state index contributed by atoms with van der Waals surface area (Å²) in [7, 11) is 0. The molecule has 0 amide bonds. The number of nitrogens with zero attached hydrogens (tertiary/aromatic N) is 5. The summed E-state index contributed by atoms with van der Waals surface area (Å²) in [6.07, 6.45) is -0.210. The van der Waals surface area contributed by atoms with Crippen LogP contribution in [0.2, 0.25) is 0 Å². The van der Waals surface area contributed by atoms with Gasteiger partial charge in [-0.2, -0.15) is 10.1 Å². The Bertz CT molecular complexity index is 906. The zero-order chi connectivity index (χ0) is 18.3. The lowest BCUT2D eigenvalue weighted by atomic mass is 9.84. The van der Waals surface area contributed by atoms with E-state index in [0.717, 1.165) is 31.7 Å². The van der Waals surface area contributed by atoms with Gasteiger partial charge in [-0.15, -0.1) is 11.3 Å². The van der Waals surface area contributed by atoms with Crippen LogP contribution in [0.25, 0.3) is 5.78 Å². The fourth-order valence-electron chi connectivity index (χ4n) is 3.69. The van der Waals surface area contributed by atoms with E-state index in [1.807, 2.05) is 0 Å². The number of rotatable bonds is 4. The van der Waals surface area contributed by atoms with Gasteiger partial charge in [-0.3, -0.25) is 4.90 Å². The monoisotopic (exact) mass is 377 g/mol. The maximum atomic E-state index is 13.3. The van der Waals surface area contributed by atoms with E-state index in [-0.39, 0.29) is 17.4 Å². The van der Waals surface area contributed by atoms with Gasteiger partial charge in [-0.25, -0.2) is 18.3 Å². The smallest absolute Gasteiger partial charge is 0.280 e. The van der Waals surface area contributed by atoms with Crippen LogP contribution in [0.15, 0.2) is 23.8 Å². The number of halogens is 2. The summed E-state index contributed by atoms with van der Waals surface area (Å²) < 4.78 is 28.2. The van der Waals surface area contributed by atoms with Gasteiger partial charge in [-0.1, -0.05) is 6.92 Å². The predicted octanol–water partition coefficient (Wildman–Crippen LogP) is 4.06. The van der Waals surface area contributed by atoms with Gasteiger partial charge in [0, 0.05) is 23.9 Å². The molecule has 0 unspecified atom stereocenters. The van der Waals surface area contributed by atoms with Gasteiger partial charge in [-0.05, 0) is 48.9 Å². The van der Waals surface area contributed by atoms with Gasteiger partial charge in [0.05, 0.1) is 5.69 Å². The van der Waals surface area contributed by atoms with Crippen LogP contribution in [-0.2, 0) is 6.54 Å². The van der Waals surface area contributed by atoms with Crippen LogP contribution in [0.1, 0.15) is 47.5 Å². The number of fused-ring (bicyclic) bond motifs is 1. The first-order valence-electron chi connectivity index (χ1n) is 8.76. The van der Waals surface area contributed by atoms with Gasteiger partial charge in [0.15, 0.2) is 0 Å². The maximum Gasteiger partial charge on any atom is 0.280 e. The lowest BCUT2D eigenvalue weighted by Gasteiger charge is -2.37. The molecule has 3 aromatic rings. The fraction of sp³-hybridized carbons (Fsp3) is 0.500. The molecule has 0 radical (unpaired) electrons. The van der Waals surface area contributed by atoms with Crippen LogP contribution in [0.5, 0.6) is 0 Å². The molecule has 0 N–H and O–H groups in total. The summed E-state index contributed by atoms with van der Waals surface area (Å²) in [5.74, 6) is 0.752. The van der Waals surface area contributed by atoms with E-state index >= 15 is 0 Å². The van der Waals surface area contributed by atoms with Crippen molar-refractivity contribution >= 4 is 17.1 Å². The molecule has 4 rings (SSSR count). The Hall–Kier alpha value is -1.93. The largest absolute Gasteiger partial charge is 0.298 e. The first kappa shape index (κ1) is 17.5. The molecular formula is C18H21F2N5S. The van der Waals surface area contributed by atoms with Crippen molar-refractivity contribution in [2.75, 3.05) is 13.1 Å². The highest BCUT2D eigenvalue weighted by molar-refractivity contribution is 7.10. The minimum Gasteiger partial charge on any atom is -0.298 e. The second kappa shape index (κ2) is 7.00. The van der Waals surface area contributed by atoms with E-state index in [0.29, 0.717) is 5.92 Å². The van der Waals surface area contributed by atoms with E-state index in [1.54, 1.807) is 15.9 Å². The standard InChI is InChI=1S/C18H21F2N5S/c1-11-5-13(26-9-11)7-24-4-3-12(2)14(8-24)16-6-15(17(19)20)23-18-21-10-22-25(16)18/h5-6,9-10,12,14,17H,3-4,7-8H2,1-2H3/t12-,14-/m1/s1. The van der Waals surface area contributed by atoms with Gasteiger partial charge in [0.25, 0.3) is 12.2 Å². The van der Waals surface area contributed by atoms with Gasteiger partial charge in [0.1, 0.15) is 12.0 Å². The van der Waals surface area contributed by atoms with Crippen LogP contribution in [0.3, 0.4) is 0 Å². The van der Waals surface area contributed by atoms with Crippen LogP contribution in [0.4, 0.5) is 8.78 Å². The number of aromatic nitrogens is 4. The Balaban J connectivity index is 1.64. The summed E-state index contributed by atoms with van der Waals surface area (Å²) in [5, 5.41) is 6.39. The molecule has 3 aromatic heterocycles. The van der Waals surface area contributed by atoms with Crippen molar-refractivity contribution in [3.8, 4) is 0 Å². The number of aryl methyl sites for hydroxylation is 1. The fourth-order valence-corrected chi connectivity index (χ4v) is 4.61. The van der Waals surface area contributed by atoms with Crippen LogP contribution in [0, 0.1) is 12.8 Å². The molecule has 1 aliphatic heterocycles. The summed E-state index contributed by atoms with van der Waals surface area (Å²) in [5.41, 5.74) is 1.84. The van der Waals surface area contributed by atoms with Crippen LogP contribution >= 0.6 is 11.3 Å². The second-order valence-electron chi connectivity index (χ2n) is 7.08. The number of likely N-dealkylation sites (tertiary alicyclic amines) is 1. The highest BCUT2D eigenvalue weighted by Gasteiger charge is 2.31.